The normalized spacial score (nSPS) is 22.8. The molecule has 2 fully saturated rings. The van der Waals surface area contributed by atoms with Crippen molar-refractivity contribution in [2.45, 2.75) is 49.5 Å². The van der Waals surface area contributed by atoms with E-state index in [9.17, 15) is 33.0 Å². The second-order valence-electron chi connectivity index (χ2n) is 9.18. The average Bonchev–Trinajstić information content (AvgIpc) is 2.80. The van der Waals surface area contributed by atoms with E-state index in [2.05, 4.69) is 10.6 Å². The van der Waals surface area contributed by atoms with Crippen LogP contribution in [0.3, 0.4) is 0 Å². The lowest BCUT2D eigenvalue weighted by atomic mass is 9.77. The fourth-order valence-corrected chi connectivity index (χ4v) is 4.78. The molecule has 2 aromatic carbocycles. The predicted molar refractivity (Wildman–Crippen MR) is 122 cm³/mol. The van der Waals surface area contributed by atoms with Crippen molar-refractivity contribution in [2.75, 3.05) is 19.6 Å². The van der Waals surface area contributed by atoms with Gasteiger partial charge in [0.15, 0.2) is 0 Å². The Hall–Kier alpha value is -3.11. The molecule has 0 spiro atoms. The Balaban J connectivity index is 1.39. The quantitative estimate of drug-likeness (QED) is 0.498. The summed E-state index contributed by atoms with van der Waals surface area (Å²) in [5.74, 6) is -0.939. The van der Waals surface area contributed by atoms with Crippen LogP contribution in [0.1, 0.15) is 47.2 Å². The molecule has 4 rings (SSSR count). The van der Waals surface area contributed by atoms with Gasteiger partial charge in [0.25, 0.3) is 5.91 Å². The first-order valence-corrected chi connectivity index (χ1v) is 11.6. The summed E-state index contributed by atoms with van der Waals surface area (Å²) < 4.78 is 38.8. The van der Waals surface area contributed by atoms with Crippen molar-refractivity contribution < 1.29 is 33.0 Å². The average molecular weight is 492 g/mol. The van der Waals surface area contributed by atoms with Crippen LogP contribution in [-0.4, -0.2) is 58.6 Å². The van der Waals surface area contributed by atoms with E-state index in [0.717, 1.165) is 18.2 Å². The van der Waals surface area contributed by atoms with E-state index in [-0.39, 0.29) is 35.8 Å². The number of hydrogen-bond acceptors (Lipinski definition) is 5. The number of halogens is 3. The van der Waals surface area contributed by atoms with Crippen LogP contribution in [0.5, 0.6) is 5.75 Å². The molecule has 1 saturated heterocycles. The number of alkyl halides is 3. The molecule has 1 aliphatic carbocycles. The van der Waals surface area contributed by atoms with Gasteiger partial charge in [-0.1, -0.05) is 18.2 Å². The summed E-state index contributed by atoms with van der Waals surface area (Å²) in [7, 11) is 0. The molecule has 2 aliphatic rings. The number of aromatic hydroxyl groups is 1. The van der Waals surface area contributed by atoms with E-state index in [1.54, 1.807) is 17.0 Å². The Morgan fingerprint density at radius 3 is 2.29 bits per heavy atom. The number of carbonyl (C=O) groups excluding carboxylic acids is 2. The van der Waals surface area contributed by atoms with Crippen molar-refractivity contribution >= 4 is 11.8 Å². The largest absolute Gasteiger partial charge is 0.508 e. The highest BCUT2D eigenvalue weighted by Crippen LogP contribution is 2.39. The van der Waals surface area contributed by atoms with Crippen LogP contribution in [-0.2, 0) is 16.6 Å². The Morgan fingerprint density at radius 1 is 1.06 bits per heavy atom. The molecule has 1 saturated carbocycles. The van der Waals surface area contributed by atoms with Gasteiger partial charge in [-0.15, -0.1) is 0 Å². The summed E-state index contributed by atoms with van der Waals surface area (Å²) in [6.45, 7) is 0.905. The molecular formula is C25H28F3N3O4. The van der Waals surface area contributed by atoms with Crippen molar-refractivity contribution in [1.82, 2.24) is 15.5 Å². The molecule has 2 amide bonds. The van der Waals surface area contributed by atoms with Gasteiger partial charge < -0.3 is 25.7 Å². The molecule has 35 heavy (non-hydrogen) atoms. The first-order chi connectivity index (χ1) is 16.6. The van der Waals surface area contributed by atoms with Gasteiger partial charge in [-0.05, 0) is 61.6 Å². The lowest BCUT2D eigenvalue weighted by Gasteiger charge is -2.47. The van der Waals surface area contributed by atoms with Gasteiger partial charge in [0.2, 0.25) is 5.91 Å². The number of hydrogen-bond donors (Lipinski definition) is 4. The lowest BCUT2D eigenvalue weighted by Crippen LogP contribution is -2.63. The maximum absolute atomic E-state index is 13.1. The summed E-state index contributed by atoms with van der Waals surface area (Å²) >= 11 is 0. The third-order valence-corrected chi connectivity index (χ3v) is 6.87. The minimum Gasteiger partial charge on any atom is -0.508 e. The van der Waals surface area contributed by atoms with Gasteiger partial charge in [-0.3, -0.25) is 9.59 Å². The highest BCUT2D eigenvalue weighted by molar-refractivity contribution is 5.96. The fourth-order valence-electron chi connectivity index (χ4n) is 4.78. The van der Waals surface area contributed by atoms with Crippen LogP contribution in [0, 0.1) is 0 Å². The number of rotatable bonds is 6. The van der Waals surface area contributed by atoms with Gasteiger partial charge in [0, 0.05) is 24.7 Å². The molecular weight excluding hydrogens is 463 g/mol. The Kier molecular flexibility index (Phi) is 7.05. The zero-order valence-electron chi connectivity index (χ0n) is 19.0. The zero-order chi connectivity index (χ0) is 25.2. The van der Waals surface area contributed by atoms with E-state index in [0.29, 0.717) is 44.3 Å². The fraction of sp³-hybridized carbons (Fsp3) is 0.440. The van der Waals surface area contributed by atoms with E-state index >= 15 is 0 Å². The highest BCUT2D eigenvalue weighted by Gasteiger charge is 2.41. The van der Waals surface area contributed by atoms with E-state index in [1.807, 2.05) is 0 Å². The monoisotopic (exact) mass is 491 g/mol. The van der Waals surface area contributed by atoms with Gasteiger partial charge in [-0.2, -0.15) is 13.2 Å². The Bertz CT molecular complexity index is 1060. The minimum atomic E-state index is -4.57. The summed E-state index contributed by atoms with van der Waals surface area (Å²) in [6, 6.07) is 10.3. The smallest absolute Gasteiger partial charge is 0.416 e. The number of carbonyl (C=O) groups is 2. The topological polar surface area (TPSA) is 102 Å². The van der Waals surface area contributed by atoms with Crippen LogP contribution in [0.15, 0.2) is 48.5 Å². The molecule has 188 valence electrons. The number of phenolic OH excluding ortho intramolecular Hbond substituents is 1. The molecule has 10 heteroatoms. The van der Waals surface area contributed by atoms with Crippen LogP contribution >= 0.6 is 0 Å². The second-order valence-corrected chi connectivity index (χ2v) is 9.18. The minimum absolute atomic E-state index is 0.0437. The third kappa shape index (κ3) is 5.59. The maximum atomic E-state index is 13.1. The number of benzene rings is 2. The number of amides is 2. The lowest BCUT2D eigenvalue weighted by molar-refractivity contribution is -0.139. The second kappa shape index (κ2) is 9.87. The number of aliphatic hydroxyl groups is 1. The predicted octanol–water partition coefficient (Wildman–Crippen LogP) is 2.77. The van der Waals surface area contributed by atoms with Gasteiger partial charge in [0.05, 0.1) is 23.8 Å². The number of nitrogens with zero attached hydrogens (tertiary/aromatic N) is 1. The van der Waals surface area contributed by atoms with Crippen LogP contribution in [0.2, 0.25) is 0 Å². The molecule has 0 bridgehead atoms. The van der Waals surface area contributed by atoms with Crippen molar-refractivity contribution in [3.63, 3.8) is 0 Å². The summed E-state index contributed by atoms with van der Waals surface area (Å²) in [6.07, 6.45) is -2.59. The SMILES string of the molecule is O=C(NCC(=O)N(C1CCC(O)(c2ccc(O)cc2)CC1)C1CNC1)c1cccc(C(F)(F)F)c1. The number of nitrogens with one attached hydrogen (secondary N) is 2. The third-order valence-electron chi connectivity index (χ3n) is 6.87. The molecule has 4 N–H and O–H groups in total. The Morgan fingerprint density at radius 2 is 1.71 bits per heavy atom. The molecule has 0 radical (unpaired) electrons. The molecule has 0 unspecified atom stereocenters. The van der Waals surface area contributed by atoms with Crippen molar-refractivity contribution in [3.05, 3.63) is 65.2 Å². The summed E-state index contributed by atoms with van der Waals surface area (Å²) in [5, 5.41) is 26.2. The van der Waals surface area contributed by atoms with Crippen LogP contribution < -0.4 is 10.6 Å². The highest BCUT2D eigenvalue weighted by atomic mass is 19.4. The first kappa shape index (κ1) is 25.0. The molecule has 0 atom stereocenters. The van der Waals surface area contributed by atoms with Gasteiger partial charge >= 0.3 is 6.18 Å². The van der Waals surface area contributed by atoms with Gasteiger partial charge in [0.1, 0.15) is 5.75 Å². The van der Waals surface area contributed by atoms with Crippen LogP contribution in [0.4, 0.5) is 13.2 Å². The molecule has 1 aliphatic heterocycles. The van der Waals surface area contributed by atoms with Gasteiger partial charge in [-0.25, -0.2) is 0 Å². The maximum Gasteiger partial charge on any atom is 0.416 e. The molecule has 1 heterocycles. The summed E-state index contributed by atoms with van der Waals surface area (Å²) in [5.41, 5.74) is -1.43. The standard InChI is InChI=1S/C25H28F3N3O4/c26-25(27,28)18-3-1-2-16(12-18)23(34)30-15-22(33)31(20-13-29-14-20)19-8-10-24(35,11-9-19)17-4-6-21(32)7-5-17/h1-7,12,19-20,29,32,35H,8-11,13-15H2,(H,30,34). The summed E-state index contributed by atoms with van der Waals surface area (Å²) in [4.78, 5) is 27.3. The van der Waals surface area contributed by atoms with Crippen LogP contribution in [0.25, 0.3) is 0 Å². The molecule has 2 aromatic rings. The van der Waals surface area contributed by atoms with Crippen molar-refractivity contribution in [1.29, 1.82) is 0 Å². The van der Waals surface area contributed by atoms with E-state index in [1.165, 1.54) is 18.2 Å². The molecule has 0 aromatic heterocycles. The van der Waals surface area contributed by atoms with E-state index in [4.69, 9.17) is 0 Å². The Labute approximate surface area is 200 Å². The first-order valence-electron chi connectivity index (χ1n) is 11.6. The zero-order valence-corrected chi connectivity index (χ0v) is 19.0. The number of phenols is 1. The van der Waals surface area contributed by atoms with E-state index < -0.39 is 23.2 Å². The molecule has 7 nitrogen and oxygen atoms in total. The van der Waals surface area contributed by atoms with Crippen molar-refractivity contribution in [3.8, 4) is 5.75 Å². The van der Waals surface area contributed by atoms with Crippen molar-refractivity contribution in [2.24, 2.45) is 0 Å².